The first-order valence-corrected chi connectivity index (χ1v) is 5.49. The van der Waals surface area contributed by atoms with E-state index in [4.69, 9.17) is 9.79 Å². The van der Waals surface area contributed by atoms with Gasteiger partial charge in [0.15, 0.2) is 0 Å². The van der Waals surface area contributed by atoms with Gasteiger partial charge in [-0.3, -0.25) is 4.57 Å². The van der Waals surface area contributed by atoms with Crippen LogP contribution >= 0.6 is 19.4 Å². The molecule has 0 spiro atoms. The molecular formula is C4H8NO3PS. The molecule has 1 rings (SSSR count). The van der Waals surface area contributed by atoms with E-state index >= 15 is 0 Å². The summed E-state index contributed by atoms with van der Waals surface area (Å²) >= 11 is 1.52. The molecule has 0 radical (unpaired) electrons. The van der Waals surface area contributed by atoms with Crippen molar-refractivity contribution < 1.29 is 14.4 Å². The van der Waals surface area contributed by atoms with Crippen LogP contribution in [-0.4, -0.2) is 26.8 Å². The summed E-state index contributed by atoms with van der Waals surface area (Å²) in [4.78, 5) is 18.6. The minimum absolute atomic E-state index is 0.170. The van der Waals surface area contributed by atoms with Crippen molar-refractivity contribution in [2.24, 2.45) is 0 Å². The smallest absolute Gasteiger partial charge is 0.344 e. The quantitative estimate of drug-likeness (QED) is 0.611. The van der Waals surface area contributed by atoms with Gasteiger partial charge in [0.05, 0.1) is 5.88 Å². The van der Waals surface area contributed by atoms with Crippen LogP contribution in [0.1, 0.15) is 0 Å². The molecular weight excluding hydrogens is 173 g/mol. The van der Waals surface area contributed by atoms with Gasteiger partial charge in [0, 0.05) is 6.20 Å². The number of rotatable bonds is 2. The van der Waals surface area contributed by atoms with Crippen LogP contribution in [0.2, 0.25) is 0 Å². The fourth-order valence-corrected chi connectivity index (χ4v) is 2.15. The molecule has 1 heterocycles. The molecule has 2 N–H and O–H groups in total. The standard InChI is InChI=1S/C4H8NO3PS/c6-9(7,8)3-5-1-2-10-4-5/h1-2H,3-4H2,(H2,6,7,8). The molecule has 10 heavy (non-hydrogen) atoms. The van der Waals surface area contributed by atoms with Crippen LogP contribution in [0.3, 0.4) is 0 Å². The third-order valence-corrected chi connectivity index (χ3v) is 2.50. The molecule has 0 aromatic rings. The van der Waals surface area contributed by atoms with Crippen LogP contribution in [0.5, 0.6) is 0 Å². The average molecular weight is 181 g/mol. The predicted molar refractivity (Wildman–Crippen MR) is 40.3 cm³/mol. The van der Waals surface area contributed by atoms with Gasteiger partial charge in [-0.05, 0) is 5.41 Å². The third-order valence-electron chi connectivity index (χ3n) is 0.974. The van der Waals surface area contributed by atoms with Crippen molar-refractivity contribution in [3.8, 4) is 0 Å². The fraction of sp³-hybridized carbons (Fsp3) is 0.500. The SMILES string of the molecule is O=P(O)(O)CN1C=CSC1. The second kappa shape index (κ2) is 2.96. The summed E-state index contributed by atoms with van der Waals surface area (Å²) in [5, 5.41) is 1.82. The molecule has 0 unspecified atom stereocenters. The highest BCUT2D eigenvalue weighted by atomic mass is 32.2. The zero-order chi connectivity index (χ0) is 7.61. The molecule has 0 aliphatic carbocycles. The van der Waals surface area contributed by atoms with Crippen molar-refractivity contribution in [3.63, 3.8) is 0 Å². The zero-order valence-corrected chi connectivity index (χ0v) is 6.89. The van der Waals surface area contributed by atoms with Crippen LogP contribution in [0, 0.1) is 0 Å². The lowest BCUT2D eigenvalue weighted by Gasteiger charge is -2.14. The first-order valence-electron chi connectivity index (χ1n) is 2.65. The molecule has 0 saturated carbocycles. The van der Waals surface area contributed by atoms with E-state index in [0.29, 0.717) is 5.88 Å². The molecule has 58 valence electrons. The van der Waals surface area contributed by atoms with Crippen LogP contribution in [0.15, 0.2) is 11.6 Å². The van der Waals surface area contributed by atoms with E-state index < -0.39 is 7.60 Å². The van der Waals surface area contributed by atoms with E-state index in [2.05, 4.69) is 0 Å². The molecule has 0 atom stereocenters. The van der Waals surface area contributed by atoms with Gasteiger partial charge in [0.2, 0.25) is 0 Å². The number of hydrogen-bond acceptors (Lipinski definition) is 3. The normalized spacial score (nSPS) is 18.4. The Morgan fingerprint density at radius 2 is 2.40 bits per heavy atom. The molecule has 6 heteroatoms. The maximum absolute atomic E-state index is 10.4. The largest absolute Gasteiger partial charge is 0.356 e. The first-order chi connectivity index (χ1) is 4.58. The van der Waals surface area contributed by atoms with Gasteiger partial charge in [0.25, 0.3) is 0 Å². The molecule has 1 aliphatic rings. The highest BCUT2D eigenvalue weighted by molar-refractivity contribution is 8.02. The molecule has 0 bridgehead atoms. The van der Waals surface area contributed by atoms with E-state index in [-0.39, 0.29) is 6.29 Å². The molecule has 4 nitrogen and oxygen atoms in total. The van der Waals surface area contributed by atoms with Gasteiger partial charge in [0.1, 0.15) is 6.29 Å². The fourth-order valence-electron chi connectivity index (χ4n) is 0.635. The lowest BCUT2D eigenvalue weighted by molar-refractivity contribution is 0.345. The summed E-state index contributed by atoms with van der Waals surface area (Å²) in [6.07, 6.45) is 1.51. The van der Waals surface area contributed by atoms with Crippen molar-refractivity contribution in [2.75, 3.05) is 12.2 Å². The van der Waals surface area contributed by atoms with E-state index in [1.165, 1.54) is 11.8 Å². The van der Waals surface area contributed by atoms with Gasteiger partial charge >= 0.3 is 7.60 Å². The van der Waals surface area contributed by atoms with Gasteiger partial charge in [-0.1, -0.05) is 0 Å². The first kappa shape index (κ1) is 8.14. The van der Waals surface area contributed by atoms with E-state index in [1.807, 2.05) is 5.41 Å². The molecule has 0 aromatic carbocycles. The summed E-state index contributed by atoms with van der Waals surface area (Å²) in [5.74, 6) is 0.644. The van der Waals surface area contributed by atoms with Crippen LogP contribution in [-0.2, 0) is 4.57 Å². The van der Waals surface area contributed by atoms with Crippen molar-refractivity contribution in [1.82, 2.24) is 4.90 Å². The van der Waals surface area contributed by atoms with E-state index in [0.717, 1.165) is 0 Å². The highest BCUT2D eigenvalue weighted by Crippen LogP contribution is 2.36. The number of thioether (sulfide) groups is 1. The van der Waals surface area contributed by atoms with Gasteiger partial charge < -0.3 is 14.7 Å². The Bertz CT molecular complexity index is 189. The Balaban J connectivity index is 2.39. The second-order valence-electron chi connectivity index (χ2n) is 1.98. The van der Waals surface area contributed by atoms with Gasteiger partial charge in [-0.25, -0.2) is 0 Å². The lowest BCUT2D eigenvalue weighted by atomic mass is 10.9. The third kappa shape index (κ3) is 2.75. The average Bonchev–Trinajstić information content (AvgIpc) is 2.12. The molecule has 1 aliphatic heterocycles. The Morgan fingerprint density at radius 3 is 2.80 bits per heavy atom. The highest BCUT2D eigenvalue weighted by Gasteiger charge is 2.17. The van der Waals surface area contributed by atoms with Crippen molar-refractivity contribution in [3.05, 3.63) is 11.6 Å². The van der Waals surface area contributed by atoms with Crippen molar-refractivity contribution >= 4 is 19.4 Å². The molecule has 0 saturated heterocycles. The Labute approximate surface area is 63.1 Å². The molecule has 0 aromatic heterocycles. The predicted octanol–water partition coefficient (Wildman–Crippen LogP) is 0.599. The minimum atomic E-state index is -3.85. The summed E-state index contributed by atoms with van der Waals surface area (Å²) in [6, 6.07) is 0. The van der Waals surface area contributed by atoms with Crippen LogP contribution in [0.25, 0.3) is 0 Å². The summed E-state index contributed by atoms with van der Waals surface area (Å²) in [6.45, 7) is 0. The van der Waals surface area contributed by atoms with Crippen LogP contribution in [0.4, 0.5) is 0 Å². The summed E-state index contributed by atoms with van der Waals surface area (Å²) in [7, 11) is -3.85. The number of nitrogens with zero attached hydrogens (tertiary/aromatic N) is 1. The Morgan fingerprint density at radius 1 is 1.70 bits per heavy atom. The summed E-state index contributed by atoms with van der Waals surface area (Å²) in [5.41, 5.74) is 0. The van der Waals surface area contributed by atoms with Crippen LogP contribution < -0.4 is 0 Å². The lowest BCUT2D eigenvalue weighted by Crippen LogP contribution is -2.14. The summed E-state index contributed by atoms with van der Waals surface area (Å²) < 4.78 is 10.4. The molecule has 0 fully saturated rings. The molecule has 0 amide bonds. The van der Waals surface area contributed by atoms with Crippen molar-refractivity contribution in [2.45, 2.75) is 0 Å². The Hall–Kier alpha value is 0.0400. The monoisotopic (exact) mass is 181 g/mol. The van der Waals surface area contributed by atoms with E-state index in [9.17, 15) is 4.57 Å². The number of hydrogen-bond donors (Lipinski definition) is 2. The second-order valence-corrected chi connectivity index (χ2v) is 4.45. The Kier molecular flexibility index (Phi) is 2.41. The van der Waals surface area contributed by atoms with Gasteiger partial charge in [-0.15, -0.1) is 11.8 Å². The minimum Gasteiger partial charge on any atom is -0.356 e. The topological polar surface area (TPSA) is 60.8 Å². The maximum Gasteiger partial charge on any atom is 0.344 e. The maximum atomic E-state index is 10.4. The van der Waals surface area contributed by atoms with Gasteiger partial charge in [-0.2, -0.15) is 0 Å². The van der Waals surface area contributed by atoms with Crippen molar-refractivity contribution in [1.29, 1.82) is 0 Å². The van der Waals surface area contributed by atoms with E-state index in [1.54, 1.807) is 11.1 Å². The zero-order valence-electron chi connectivity index (χ0n) is 5.17.